The summed E-state index contributed by atoms with van der Waals surface area (Å²) in [5.41, 5.74) is 1.76. The number of carboxylic acids is 1. The summed E-state index contributed by atoms with van der Waals surface area (Å²) in [6.07, 6.45) is 3.61. The molecule has 0 saturated carbocycles. The molecule has 2 aromatic rings. The molecule has 1 N–H and O–H groups in total. The number of piperidine rings is 1. The van der Waals surface area contributed by atoms with Crippen LogP contribution in [0.25, 0.3) is 0 Å². The number of aliphatic carboxylic acids is 1. The topological polar surface area (TPSA) is 82.9 Å². The number of likely N-dealkylation sites (tertiary alicyclic amines) is 1. The minimum atomic E-state index is -0.805. The third kappa shape index (κ3) is 5.25. The first kappa shape index (κ1) is 20.6. The first-order valence-corrected chi connectivity index (χ1v) is 9.91. The average molecular weight is 397 g/mol. The lowest BCUT2D eigenvalue weighted by molar-refractivity contribution is -0.145. The van der Waals surface area contributed by atoms with Crippen LogP contribution in [-0.4, -0.2) is 63.9 Å². The number of likely N-dealkylation sites (N-methyl/N-ethyl adjacent to an activating group) is 1. The molecule has 0 radical (unpaired) electrons. The summed E-state index contributed by atoms with van der Waals surface area (Å²) in [5, 5.41) is 9.07. The lowest BCUT2D eigenvalue weighted by Crippen LogP contribution is -2.45. The van der Waals surface area contributed by atoms with Crippen LogP contribution in [0.1, 0.15) is 28.9 Å². The molecule has 0 aliphatic carbocycles. The summed E-state index contributed by atoms with van der Waals surface area (Å²) in [4.78, 5) is 39.5. The molecule has 2 heterocycles. The van der Waals surface area contributed by atoms with E-state index in [1.807, 2.05) is 35.0 Å². The number of carbonyl (C=O) groups excluding carboxylic acids is 2. The molecule has 1 saturated heterocycles. The minimum Gasteiger partial charge on any atom is -0.481 e. The molecule has 0 spiro atoms. The van der Waals surface area contributed by atoms with Gasteiger partial charge in [0, 0.05) is 32.9 Å². The predicted octanol–water partition coefficient (Wildman–Crippen LogP) is 2.13. The Balaban J connectivity index is 1.54. The zero-order valence-corrected chi connectivity index (χ0v) is 16.7. The Hall–Kier alpha value is -3.09. The summed E-state index contributed by atoms with van der Waals surface area (Å²) in [6.45, 7) is 1.51. The molecule has 7 nitrogen and oxygen atoms in total. The van der Waals surface area contributed by atoms with Gasteiger partial charge < -0.3 is 19.5 Å². The number of aromatic nitrogens is 1. The van der Waals surface area contributed by atoms with Crippen LogP contribution in [0, 0.1) is 5.92 Å². The number of carboxylic acid groups (broad SMARTS) is 1. The summed E-state index contributed by atoms with van der Waals surface area (Å²) in [6, 6.07) is 13.7. The number of nitrogens with zero attached hydrogens (tertiary/aromatic N) is 3. The molecule has 3 rings (SSSR count). The van der Waals surface area contributed by atoms with E-state index in [1.165, 1.54) is 10.5 Å². The molecular weight excluding hydrogens is 370 g/mol. The maximum absolute atomic E-state index is 12.9. The van der Waals surface area contributed by atoms with Gasteiger partial charge in [0.05, 0.1) is 12.5 Å². The zero-order valence-electron chi connectivity index (χ0n) is 16.7. The number of amides is 2. The van der Waals surface area contributed by atoms with Crippen LogP contribution >= 0.6 is 0 Å². The molecule has 0 bridgehead atoms. The Morgan fingerprint density at radius 2 is 1.76 bits per heavy atom. The number of benzene rings is 1. The monoisotopic (exact) mass is 397 g/mol. The lowest BCUT2D eigenvalue weighted by Gasteiger charge is -2.31. The first-order chi connectivity index (χ1) is 14.0. The van der Waals surface area contributed by atoms with Gasteiger partial charge in [0.1, 0.15) is 5.69 Å². The smallest absolute Gasteiger partial charge is 0.306 e. The van der Waals surface area contributed by atoms with E-state index in [4.69, 9.17) is 5.11 Å². The highest BCUT2D eigenvalue weighted by molar-refractivity contribution is 5.95. The molecule has 1 aliphatic rings. The van der Waals surface area contributed by atoms with Gasteiger partial charge in [-0.05, 0) is 37.0 Å². The van der Waals surface area contributed by atoms with Crippen molar-refractivity contribution in [2.24, 2.45) is 5.92 Å². The van der Waals surface area contributed by atoms with Crippen LogP contribution in [0.5, 0.6) is 0 Å². The number of hydrogen-bond acceptors (Lipinski definition) is 3. The quantitative estimate of drug-likeness (QED) is 0.776. The van der Waals surface area contributed by atoms with Crippen LogP contribution < -0.4 is 0 Å². The fraction of sp³-hybridized carbons (Fsp3) is 0.409. The van der Waals surface area contributed by atoms with E-state index >= 15 is 0 Å². The molecule has 1 aliphatic heterocycles. The van der Waals surface area contributed by atoms with E-state index in [9.17, 15) is 14.4 Å². The Bertz CT molecular complexity index is 854. The summed E-state index contributed by atoms with van der Waals surface area (Å²) in [7, 11) is 1.62. The van der Waals surface area contributed by atoms with Crippen LogP contribution in [0.4, 0.5) is 0 Å². The molecular formula is C22H27N3O4. The van der Waals surface area contributed by atoms with Crippen molar-refractivity contribution >= 4 is 17.8 Å². The van der Waals surface area contributed by atoms with Crippen molar-refractivity contribution in [2.75, 3.05) is 26.7 Å². The second-order valence-electron chi connectivity index (χ2n) is 7.48. The van der Waals surface area contributed by atoms with Crippen molar-refractivity contribution in [2.45, 2.75) is 25.8 Å². The zero-order chi connectivity index (χ0) is 20.8. The highest BCUT2D eigenvalue weighted by Gasteiger charge is 2.28. The van der Waals surface area contributed by atoms with Gasteiger partial charge in [-0.1, -0.05) is 30.3 Å². The third-order valence-corrected chi connectivity index (χ3v) is 5.45. The van der Waals surface area contributed by atoms with E-state index in [0.29, 0.717) is 38.2 Å². The summed E-state index contributed by atoms with van der Waals surface area (Å²) >= 11 is 0. The van der Waals surface area contributed by atoms with Gasteiger partial charge in [0.25, 0.3) is 5.91 Å². The molecule has 29 heavy (non-hydrogen) atoms. The van der Waals surface area contributed by atoms with Crippen LogP contribution in [0.3, 0.4) is 0 Å². The van der Waals surface area contributed by atoms with E-state index in [2.05, 4.69) is 12.1 Å². The number of hydrogen-bond donors (Lipinski definition) is 1. The predicted molar refractivity (Wildman–Crippen MR) is 108 cm³/mol. The van der Waals surface area contributed by atoms with Gasteiger partial charge in [0.15, 0.2) is 0 Å². The SMILES string of the molecule is CN(CC(=O)N1CCC(C(=O)O)CC1)C(=O)c1cccn1CCc1ccccc1. The Morgan fingerprint density at radius 3 is 2.41 bits per heavy atom. The van der Waals surface area contributed by atoms with Gasteiger partial charge in [-0.3, -0.25) is 14.4 Å². The fourth-order valence-electron chi connectivity index (χ4n) is 3.64. The molecule has 1 aromatic heterocycles. The van der Waals surface area contributed by atoms with Gasteiger partial charge >= 0.3 is 5.97 Å². The standard InChI is InChI=1S/C22H27N3O4/c1-23(16-20(26)25-14-10-18(11-15-25)22(28)29)21(27)19-8-5-12-24(19)13-9-17-6-3-2-4-7-17/h2-8,12,18H,9-11,13-16H2,1H3,(H,28,29). The summed E-state index contributed by atoms with van der Waals surface area (Å²) < 4.78 is 1.91. The Kier molecular flexibility index (Phi) is 6.69. The van der Waals surface area contributed by atoms with Gasteiger partial charge in [-0.15, -0.1) is 0 Å². The average Bonchev–Trinajstić information content (AvgIpc) is 3.21. The van der Waals surface area contributed by atoms with E-state index < -0.39 is 5.97 Å². The maximum atomic E-state index is 12.9. The van der Waals surface area contributed by atoms with Crippen LogP contribution in [-0.2, 0) is 22.6 Å². The molecule has 7 heteroatoms. The number of rotatable bonds is 7. The molecule has 0 unspecified atom stereocenters. The maximum Gasteiger partial charge on any atom is 0.306 e. The van der Waals surface area contributed by atoms with Gasteiger partial charge in [-0.25, -0.2) is 0 Å². The van der Waals surface area contributed by atoms with Crippen molar-refractivity contribution < 1.29 is 19.5 Å². The van der Waals surface area contributed by atoms with E-state index in [0.717, 1.165) is 6.42 Å². The summed E-state index contributed by atoms with van der Waals surface area (Å²) in [5.74, 6) is -1.53. The molecule has 154 valence electrons. The van der Waals surface area contributed by atoms with Crippen LogP contribution in [0.15, 0.2) is 48.7 Å². The van der Waals surface area contributed by atoms with Crippen molar-refractivity contribution in [3.8, 4) is 0 Å². The Labute approximate surface area is 170 Å². The molecule has 0 atom stereocenters. The third-order valence-electron chi connectivity index (χ3n) is 5.45. The van der Waals surface area contributed by atoms with Crippen molar-refractivity contribution in [3.05, 3.63) is 59.9 Å². The second-order valence-corrected chi connectivity index (χ2v) is 7.48. The lowest BCUT2D eigenvalue weighted by atomic mass is 9.97. The van der Waals surface area contributed by atoms with Crippen molar-refractivity contribution in [3.63, 3.8) is 0 Å². The highest BCUT2D eigenvalue weighted by Crippen LogP contribution is 2.17. The van der Waals surface area contributed by atoms with Gasteiger partial charge in [0.2, 0.25) is 5.91 Å². The number of carbonyl (C=O) groups is 3. The largest absolute Gasteiger partial charge is 0.481 e. The highest BCUT2D eigenvalue weighted by atomic mass is 16.4. The Morgan fingerprint density at radius 1 is 1.07 bits per heavy atom. The first-order valence-electron chi connectivity index (χ1n) is 9.91. The van der Waals surface area contributed by atoms with Crippen LogP contribution in [0.2, 0.25) is 0 Å². The van der Waals surface area contributed by atoms with E-state index in [1.54, 1.807) is 18.0 Å². The van der Waals surface area contributed by atoms with Crippen molar-refractivity contribution in [1.29, 1.82) is 0 Å². The second kappa shape index (κ2) is 9.41. The molecule has 1 aromatic carbocycles. The van der Waals surface area contributed by atoms with Gasteiger partial charge in [-0.2, -0.15) is 0 Å². The normalized spacial score (nSPS) is 14.6. The van der Waals surface area contributed by atoms with Crippen molar-refractivity contribution in [1.82, 2.24) is 14.4 Å². The fourth-order valence-corrected chi connectivity index (χ4v) is 3.64. The molecule has 1 fully saturated rings. The number of aryl methyl sites for hydroxylation is 2. The molecule has 2 amide bonds. The minimum absolute atomic E-state index is 0.0135. The van der Waals surface area contributed by atoms with E-state index in [-0.39, 0.29) is 24.3 Å².